The third-order valence-corrected chi connectivity index (χ3v) is 2.01. The Labute approximate surface area is 50.4 Å². The van der Waals surface area contributed by atoms with Gasteiger partial charge in [-0.25, -0.2) is 0 Å². The Morgan fingerprint density at radius 2 is 2.50 bits per heavy atom. The van der Waals surface area contributed by atoms with Crippen molar-refractivity contribution in [1.82, 2.24) is 0 Å². The number of rotatable bonds is 4. The van der Waals surface area contributed by atoms with Crippen LogP contribution >= 0.6 is 8.03 Å². The van der Waals surface area contributed by atoms with Gasteiger partial charge in [-0.3, -0.25) is 4.57 Å². The zero-order valence-electron chi connectivity index (χ0n) is 5.02. The largest absolute Gasteiger partial charge is 0.453 e. The van der Waals surface area contributed by atoms with Gasteiger partial charge in [0, 0.05) is 6.16 Å². The zero-order valence-corrected chi connectivity index (χ0v) is 6.02. The lowest BCUT2D eigenvalue weighted by molar-refractivity contribution is 0.463. The van der Waals surface area contributed by atoms with E-state index < -0.39 is 8.03 Å². The first-order valence-electron chi connectivity index (χ1n) is 2.61. The minimum absolute atomic E-state index is 0.663. The van der Waals surface area contributed by atoms with Crippen molar-refractivity contribution in [3.05, 3.63) is 12.8 Å². The molecule has 3 heteroatoms. The average Bonchev–Trinajstić information content (AvgIpc) is 1.68. The van der Waals surface area contributed by atoms with Crippen LogP contribution in [0.2, 0.25) is 0 Å². The molecule has 0 amide bonds. The van der Waals surface area contributed by atoms with Gasteiger partial charge < -0.3 is 4.52 Å². The fourth-order valence-electron chi connectivity index (χ4n) is 0.356. The summed E-state index contributed by atoms with van der Waals surface area (Å²) in [6.45, 7) is 5.25. The van der Waals surface area contributed by atoms with Crippen molar-refractivity contribution < 1.29 is 9.09 Å². The highest BCUT2D eigenvalue weighted by Gasteiger charge is 1.90. The molecule has 0 aromatic heterocycles. The third kappa shape index (κ3) is 3.94. The van der Waals surface area contributed by atoms with Crippen LogP contribution in [0.4, 0.5) is 0 Å². The van der Waals surface area contributed by atoms with Gasteiger partial charge in [-0.05, 0) is 6.42 Å². The van der Waals surface area contributed by atoms with E-state index in [9.17, 15) is 4.57 Å². The van der Waals surface area contributed by atoms with Gasteiger partial charge in [-0.15, -0.1) is 0 Å². The van der Waals surface area contributed by atoms with Crippen LogP contribution in [0.1, 0.15) is 13.3 Å². The van der Waals surface area contributed by atoms with Crippen LogP contribution in [0.25, 0.3) is 0 Å². The van der Waals surface area contributed by atoms with Crippen molar-refractivity contribution in [2.75, 3.05) is 6.16 Å². The molecule has 1 atom stereocenters. The molecular formula is C5H11O2P. The maximum Gasteiger partial charge on any atom is 0.235 e. The molecule has 0 aliphatic heterocycles. The van der Waals surface area contributed by atoms with E-state index in [0.29, 0.717) is 6.16 Å². The monoisotopic (exact) mass is 134 g/mol. The molecule has 0 radical (unpaired) electrons. The highest BCUT2D eigenvalue weighted by atomic mass is 31.1. The van der Waals surface area contributed by atoms with Gasteiger partial charge in [0.2, 0.25) is 8.03 Å². The summed E-state index contributed by atoms with van der Waals surface area (Å²) >= 11 is 0. The average molecular weight is 134 g/mol. The van der Waals surface area contributed by atoms with Crippen molar-refractivity contribution >= 4 is 8.03 Å². The Morgan fingerprint density at radius 1 is 1.88 bits per heavy atom. The summed E-state index contributed by atoms with van der Waals surface area (Å²) in [6.07, 6.45) is 2.80. The quantitative estimate of drug-likeness (QED) is 0.434. The van der Waals surface area contributed by atoms with Gasteiger partial charge in [0.1, 0.15) is 0 Å². The van der Waals surface area contributed by atoms with E-state index in [1.807, 2.05) is 6.92 Å². The standard InChI is InChI=1S/C5H11O2P/c1-3-5-8(6)7-4-2/h4,8H,2-3,5H2,1H3. The lowest BCUT2D eigenvalue weighted by Gasteiger charge is -1.95. The second-order valence-electron chi connectivity index (χ2n) is 1.41. The van der Waals surface area contributed by atoms with Crippen LogP contribution in [0, 0.1) is 0 Å². The molecule has 0 rings (SSSR count). The highest BCUT2D eigenvalue weighted by Crippen LogP contribution is 2.22. The zero-order chi connectivity index (χ0) is 6.41. The fourth-order valence-corrected chi connectivity index (χ4v) is 1.07. The molecule has 8 heavy (non-hydrogen) atoms. The van der Waals surface area contributed by atoms with E-state index in [-0.39, 0.29) is 0 Å². The molecule has 0 aromatic rings. The molecular weight excluding hydrogens is 123 g/mol. The second-order valence-corrected chi connectivity index (χ2v) is 2.89. The molecule has 0 fully saturated rings. The second kappa shape index (κ2) is 4.92. The maximum atomic E-state index is 10.5. The molecule has 48 valence electrons. The van der Waals surface area contributed by atoms with Gasteiger partial charge in [-0.1, -0.05) is 13.5 Å². The van der Waals surface area contributed by atoms with Crippen molar-refractivity contribution in [3.8, 4) is 0 Å². The van der Waals surface area contributed by atoms with Gasteiger partial charge in [0.25, 0.3) is 0 Å². The number of hydrogen-bond acceptors (Lipinski definition) is 2. The lowest BCUT2D eigenvalue weighted by atomic mass is 10.6. The first-order valence-corrected chi connectivity index (χ1v) is 4.14. The predicted molar refractivity (Wildman–Crippen MR) is 35.4 cm³/mol. The Balaban J connectivity index is 3.18. The number of hydrogen-bond donors (Lipinski definition) is 0. The van der Waals surface area contributed by atoms with Crippen molar-refractivity contribution in [3.63, 3.8) is 0 Å². The molecule has 0 aliphatic carbocycles. The first kappa shape index (κ1) is 7.77. The molecule has 0 N–H and O–H groups in total. The molecule has 0 bridgehead atoms. The van der Waals surface area contributed by atoms with Crippen LogP contribution in [-0.4, -0.2) is 6.16 Å². The summed E-state index contributed by atoms with van der Waals surface area (Å²) < 4.78 is 15.1. The Hall–Kier alpha value is -0.230. The van der Waals surface area contributed by atoms with Crippen LogP contribution in [0.3, 0.4) is 0 Å². The van der Waals surface area contributed by atoms with Gasteiger partial charge in [0.05, 0.1) is 6.26 Å². The molecule has 2 nitrogen and oxygen atoms in total. The van der Waals surface area contributed by atoms with Crippen LogP contribution in [-0.2, 0) is 9.09 Å². The van der Waals surface area contributed by atoms with Crippen molar-refractivity contribution in [1.29, 1.82) is 0 Å². The molecule has 0 aliphatic rings. The summed E-state index contributed by atoms with van der Waals surface area (Å²) in [5.74, 6) is 0. The van der Waals surface area contributed by atoms with Crippen LogP contribution < -0.4 is 0 Å². The van der Waals surface area contributed by atoms with E-state index in [0.717, 1.165) is 6.42 Å². The normalized spacial score (nSPS) is 12.6. The first-order chi connectivity index (χ1) is 3.81. The van der Waals surface area contributed by atoms with E-state index in [4.69, 9.17) is 0 Å². The molecule has 0 saturated heterocycles. The summed E-state index contributed by atoms with van der Waals surface area (Å²) in [5.41, 5.74) is 0. The molecule has 1 unspecified atom stereocenters. The van der Waals surface area contributed by atoms with Gasteiger partial charge in [0.15, 0.2) is 0 Å². The minimum atomic E-state index is -1.76. The molecule has 0 spiro atoms. The van der Waals surface area contributed by atoms with Crippen molar-refractivity contribution in [2.45, 2.75) is 13.3 Å². The van der Waals surface area contributed by atoms with Crippen LogP contribution in [0.15, 0.2) is 12.8 Å². The SMILES string of the molecule is C=CO[PH](=O)CCC. The molecule has 0 saturated carbocycles. The summed E-state index contributed by atoms with van der Waals surface area (Å²) in [6, 6.07) is 0. The fraction of sp³-hybridized carbons (Fsp3) is 0.600. The molecule has 0 aromatic carbocycles. The van der Waals surface area contributed by atoms with E-state index >= 15 is 0 Å². The highest BCUT2D eigenvalue weighted by molar-refractivity contribution is 7.39. The third-order valence-electron chi connectivity index (χ3n) is 0.669. The van der Waals surface area contributed by atoms with E-state index in [1.165, 1.54) is 6.26 Å². The lowest BCUT2D eigenvalue weighted by Crippen LogP contribution is -1.72. The Kier molecular flexibility index (Phi) is 4.78. The van der Waals surface area contributed by atoms with E-state index in [1.54, 1.807) is 0 Å². The Morgan fingerprint density at radius 3 is 2.88 bits per heavy atom. The molecule has 0 heterocycles. The summed E-state index contributed by atoms with van der Waals surface area (Å²) in [4.78, 5) is 0. The van der Waals surface area contributed by atoms with E-state index in [2.05, 4.69) is 11.1 Å². The summed E-state index contributed by atoms with van der Waals surface area (Å²) in [7, 11) is -1.76. The maximum absolute atomic E-state index is 10.5. The van der Waals surface area contributed by atoms with Gasteiger partial charge in [-0.2, -0.15) is 0 Å². The minimum Gasteiger partial charge on any atom is -0.453 e. The van der Waals surface area contributed by atoms with Crippen LogP contribution in [0.5, 0.6) is 0 Å². The van der Waals surface area contributed by atoms with Crippen molar-refractivity contribution in [2.24, 2.45) is 0 Å². The predicted octanol–water partition coefficient (Wildman–Crippen LogP) is 2.03. The van der Waals surface area contributed by atoms with Gasteiger partial charge >= 0.3 is 0 Å². The smallest absolute Gasteiger partial charge is 0.235 e. The Bertz CT molecular complexity index is 90.4. The summed E-state index contributed by atoms with van der Waals surface area (Å²) in [5, 5.41) is 0. The topological polar surface area (TPSA) is 26.3 Å².